The second kappa shape index (κ2) is 12.9. The predicted octanol–water partition coefficient (Wildman–Crippen LogP) is -3.90. The lowest BCUT2D eigenvalue weighted by molar-refractivity contribution is -0.144. The fraction of sp³-hybridized carbons (Fsp3) is 0.643. The molecule has 0 rings (SSSR count). The highest BCUT2D eigenvalue weighted by Crippen LogP contribution is 1.98. The molecule has 9 N–H and O–H groups in total. The van der Waals surface area contributed by atoms with E-state index in [1.807, 2.05) is 11.6 Å². The third kappa shape index (κ3) is 10.4. The first kappa shape index (κ1) is 24.6. The molecule has 13 heteroatoms. The first-order valence-corrected chi connectivity index (χ1v) is 9.25. The molecule has 154 valence electrons. The van der Waals surface area contributed by atoms with Gasteiger partial charge in [0.15, 0.2) is 0 Å². The molecule has 0 heterocycles. The molecule has 0 aromatic rings. The zero-order valence-electron chi connectivity index (χ0n) is 14.8. The number of nitrogens with one attached hydrogen (secondary N) is 3. The average molecular weight is 407 g/mol. The molecule has 0 aliphatic rings. The van der Waals surface area contributed by atoms with E-state index < -0.39 is 67.3 Å². The molecule has 4 amide bonds. The fourth-order valence-corrected chi connectivity index (χ4v) is 2.28. The molecule has 0 radical (unpaired) electrons. The molecule has 12 nitrogen and oxygen atoms in total. The van der Waals surface area contributed by atoms with E-state index in [-0.39, 0.29) is 0 Å². The fourth-order valence-electron chi connectivity index (χ4n) is 1.79. The minimum atomic E-state index is -1.60. The van der Waals surface area contributed by atoms with Crippen LogP contribution in [0.3, 0.4) is 0 Å². The van der Waals surface area contributed by atoms with Crippen molar-refractivity contribution in [1.82, 2.24) is 16.0 Å². The number of aliphatic hydroxyl groups excluding tert-OH is 1. The second-order valence-electron chi connectivity index (χ2n) is 5.48. The Kier molecular flexibility index (Phi) is 11.8. The molecule has 0 bridgehead atoms. The number of carbonyl (C=O) groups is 5. The summed E-state index contributed by atoms with van der Waals surface area (Å²) in [4.78, 5) is 57.3. The third-order valence-corrected chi connectivity index (χ3v) is 3.89. The van der Waals surface area contributed by atoms with Crippen molar-refractivity contribution in [3.05, 3.63) is 0 Å². The Morgan fingerprint density at radius 1 is 1.07 bits per heavy atom. The number of aliphatic carboxylic acids is 1. The van der Waals surface area contributed by atoms with E-state index in [0.717, 1.165) is 0 Å². The van der Waals surface area contributed by atoms with Crippen molar-refractivity contribution in [2.24, 2.45) is 11.5 Å². The molecule has 27 heavy (non-hydrogen) atoms. The number of hydrogen-bond acceptors (Lipinski definition) is 8. The van der Waals surface area contributed by atoms with Crippen LogP contribution in [0, 0.1) is 0 Å². The van der Waals surface area contributed by atoms with Gasteiger partial charge < -0.3 is 37.6 Å². The van der Waals surface area contributed by atoms with Crippen molar-refractivity contribution in [1.29, 1.82) is 0 Å². The average Bonchev–Trinajstić information content (AvgIpc) is 2.60. The van der Waals surface area contributed by atoms with E-state index in [1.165, 1.54) is 11.8 Å². The van der Waals surface area contributed by atoms with Crippen molar-refractivity contribution < 1.29 is 34.2 Å². The van der Waals surface area contributed by atoms with Gasteiger partial charge in [-0.2, -0.15) is 11.8 Å². The normalized spacial score (nSPS) is 13.7. The highest BCUT2D eigenvalue weighted by atomic mass is 32.2. The number of carboxylic acid groups (broad SMARTS) is 1. The highest BCUT2D eigenvalue weighted by molar-refractivity contribution is 7.98. The number of amides is 4. The van der Waals surface area contributed by atoms with Crippen LogP contribution in [-0.4, -0.2) is 83.1 Å². The summed E-state index contributed by atoms with van der Waals surface area (Å²) in [6.45, 7) is -1.32. The lowest BCUT2D eigenvalue weighted by atomic mass is 10.1. The minimum Gasteiger partial charge on any atom is -0.480 e. The van der Waals surface area contributed by atoms with Gasteiger partial charge in [-0.05, 0) is 18.4 Å². The second-order valence-corrected chi connectivity index (χ2v) is 6.46. The van der Waals surface area contributed by atoms with Crippen LogP contribution in [0.2, 0.25) is 0 Å². The third-order valence-electron chi connectivity index (χ3n) is 3.25. The molecular formula is C14H25N5O7S. The summed E-state index contributed by atoms with van der Waals surface area (Å²) in [5, 5.41) is 24.6. The highest BCUT2D eigenvalue weighted by Gasteiger charge is 2.27. The topological polar surface area (TPSA) is 214 Å². The van der Waals surface area contributed by atoms with Gasteiger partial charge in [0.2, 0.25) is 23.6 Å². The molecule has 0 aliphatic carbocycles. The van der Waals surface area contributed by atoms with Crippen LogP contribution in [0.1, 0.15) is 12.8 Å². The summed E-state index contributed by atoms with van der Waals surface area (Å²) < 4.78 is 0. The summed E-state index contributed by atoms with van der Waals surface area (Å²) in [5.74, 6) is -4.15. The number of primary amides is 1. The summed E-state index contributed by atoms with van der Waals surface area (Å²) in [6, 6.07) is -3.86. The molecule has 0 aromatic carbocycles. The minimum absolute atomic E-state index is 0.423. The first-order valence-electron chi connectivity index (χ1n) is 7.86. The Bertz CT molecular complexity index is 560. The molecule has 3 atom stereocenters. The van der Waals surface area contributed by atoms with Crippen LogP contribution >= 0.6 is 11.8 Å². The number of nitrogens with two attached hydrogens (primary N) is 2. The van der Waals surface area contributed by atoms with Gasteiger partial charge in [0.1, 0.15) is 12.1 Å². The van der Waals surface area contributed by atoms with Crippen molar-refractivity contribution in [2.75, 3.05) is 25.2 Å². The van der Waals surface area contributed by atoms with E-state index in [0.29, 0.717) is 12.2 Å². The van der Waals surface area contributed by atoms with Crippen LogP contribution in [0.4, 0.5) is 0 Å². The monoisotopic (exact) mass is 407 g/mol. The van der Waals surface area contributed by atoms with Gasteiger partial charge >= 0.3 is 5.97 Å². The Labute approximate surface area is 159 Å². The van der Waals surface area contributed by atoms with E-state index >= 15 is 0 Å². The standard InChI is InChI=1S/C14H25N5O7S/c1-27-3-2-7(15)12(23)17-5-11(22)18-9(6-20)13(24)19-8(14(25)26)4-10(16)21/h7-9,20H,2-6,15H2,1H3,(H2,16,21)(H,17,23)(H,18,22)(H,19,24)(H,25,26). The van der Waals surface area contributed by atoms with Crippen LogP contribution in [0.25, 0.3) is 0 Å². The number of aliphatic hydroxyl groups is 1. The maximum absolute atomic E-state index is 12.0. The van der Waals surface area contributed by atoms with Gasteiger partial charge in [-0.25, -0.2) is 4.79 Å². The maximum Gasteiger partial charge on any atom is 0.326 e. The maximum atomic E-state index is 12.0. The van der Waals surface area contributed by atoms with Gasteiger partial charge in [0, 0.05) is 0 Å². The van der Waals surface area contributed by atoms with Gasteiger partial charge in [0.05, 0.1) is 25.6 Å². The van der Waals surface area contributed by atoms with Gasteiger partial charge in [-0.3, -0.25) is 19.2 Å². The molecule has 0 saturated carbocycles. The van der Waals surface area contributed by atoms with Gasteiger partial charge in [-0.15, -0.1) is 0 Å². The van der Waals surface area contributed by atoms with E-state index in [2.05, 4.69) is 10.6 Å². The Balaban J connectivity index is 4.57. The van der Waals surface area contributed by atoms with Crippen LogP contribution in [0.5, 0.6) is 0 Å². The lowest BCUT2D eigenvalue weighted by Crippen LogP contribution is -2.55. The Hall–Kier alpha value is -2.38. The molecule has 0 fully saturated rings. The summed E-state index contributed by atoms with van der Waals surface area (Å²) in [5.41, 5.74) is 10.5. The van der Waals surface area contributed by atoms with Crippen LogP contribution < -0.4 is 27.4 Å². The molecular weight excluding hydrogens is 382 g/mol. The SMILES string of the molecule is CSCCC(N)C(=O)NCC(=O)NC(CO)C(=O)NC(CC(N)=O)C(=O)O. The number of hydrogen-bond donors (Lipinski definition) is 7. The van der Waals surface area contributed by atoms with Crippen molar-refractivity contribution >= 4 is 41.4 Å². The molecule has 0 aromatic heterocycles. The van der Waals surface area contributed by atoms with Crippen molar-refractivity contribution in [2.45, 2.75) is 31.0 Å². The summed E-state index contributed by atoms with van der Waals surface area (Å²) >= 11 is 1.51. The van der Waals surface area contributed by atoms with Crippen molar-refractivity contribution in [3.8, 4) is 0 Å². The number of carbonyl (C=O) groups excluding carboxylic acids is 4. The molecule has 0 spiro atoms. The Morgan fingerprint density at radius 3 is 2.19 bits per heavy atom. The largest absolute Gasteiger partial charge is 0.480 e. The molecule has 0 saturated heterocycles. The number of thioether (sulfide) groups is 1. The quantitative estimate of drug-likeness (QED) is 0.159. The number of rotatable bonds is 13. The summed E-state index contributed by atoms with van der Waals surface area (Å²) in [6.07, 6.45) is 1.63. The van der Waals surface area contributed by atoms with Gasteiger partial charge in [0.25, 0.3) is 0 Å². The van der Waals surface area contributed by atoms with E-state index in [1.54, 1.807) is 0 Å². The zero-order chi connectivity index (χ0) is 21.0. The van der Waals surface area contributed by atoms with E-state index in [9.17, 15) is 29.1 Å². The van der Waals surface area contributed by atoms with Crippen LogP contribution in [0.15, 0.2) is 0 Å². The molecule has 3 unspecified atom stereocenters. The zero-order valence-corrected chi connectivity index (χ0v) is 15.6. The van der Waals surface area contributed by atoms with Gasteiger partial charge in [-0.1, -0.05) is 0 Å². The van der Waals surface area contributed by atoms with Crippen molar-refractivity contribution in [3.63, 3.8) is 0 Å². The summed E-state index contributed by atoms with van der Waals surface area (Å²) in [7, 11) is 0. The predicted molar refractivity (Wildman–Crippen MR) is 96.4 cm³/mol. The Morgan fingerprint density at radius 2 is 1.70 bits per heavy atom. The van der Waals surface area contributed by atoms with Crippen LogP contribution in [-0.2, 0) is 24.0 Å². The lowest BCUT2D eigenvalue weighted by Gasteiger charge is -2.19. The number of carboxylic acids is 1. The molecule has 0 aliphatic heterocycles. The smallest absolute Gasteiger partial charge is 0.326 e. The first-order chi connectivity index (χ1) is 12.6. The van der Waals surface area contributed by atoms with E-state index in [4.69, 9.17) is 16.6 Å².